The van der Waals surface area contributed by atoms with Gasteiger partial charge in [0, 0.05) is 6.54 Å². The SMILES string of the molecule is CCN(CC(F)F)S(=O)(=O)c1ccc(C)cc1C(=O)O. The van der Waals surface area contributed by atoms with E-state index in [-0.39, 0.29) is 6.54 Å². The van der Waals surface area contributed by atoms with Crippen molar-refractivity contribution in [2.75, 3.05) is 13.1 Å². The van der Waals surface area contributed by atoms with Gasteiger partial charge in [-0.1, -0.05) is 18.6 Å². The molecule has 1 aromatic carbocycles. The molecule has 0 fully saturated rings. The lowest BCUT2D eigenvalue weighted by Crippen LogP contribution is -2.35. The zero-order chi connectivity index (χ0) is 15.5. The number of carboxylic acid groups (broad SMARTS) is 1. The van der Waals surface area contributed by atoms with Crippen LogP contribution in [0.25, 0.3) is 0 Å². The van der Waals surface area contributed by atoms with Gasteiger partial charge in [0.2, 0.25) is 10.0 Å². The zero-order valence-corrected chi connectivity index (χ0v) is 11.8. The summed E-state index contributed by atoms with van der Waals surface area (Å²) >= 11 is 0. The standard InChI is InChI=1S/C12H15F2NO4S/c1-3-15(7-11(13)14)20(18,19)10-5-4-8(2)6-9(10)12(16)17/h4-6,11H,3,7H2,1-2H3,(H,16,17). The van der Waals surface area contributed by atoms with E-state index in [4.69, 9.17) is 5.11 Å². The van der Waals surface area contributed by atoms with Gasteiger partial charge in [-0.2, -0.15) is 4.31 Å². The predicted octanol–water partition coefficient (Wildman–Crippen LogP) is 1.97. The highest BCUT2D eigenvalue weighted by Gasteiger charge is 2.29. The summed E-state index contributed by atoms with van der Waals surface area (Å²) in [7, 11) is -4.27. The molecule has 0 atom stereocenters. The number of sulfonamides is 1. The molecular formula is C12H15F2NO4S. The summed E-state index contributed by atoms with van der Waals surface area (Å²) in [6.45, 7) is 1.89. The van der Waals surface area contributed by atoms with Crippen molar-refractivity contribution in [3.63, 3.8) is 0 Å². The molecule has 0 radical (unpaired) electrons. The number of nitrogens with zero attached hydrogens (tertiary/aromatic N) is 1. The van der Waals surface area contributed by atoms with E-state index in [9.17, 15) is 22.0 Å². The van der Waals surface area contributed by atoms with E-state index < -0.39 is 39.4 Å². The molecule has 8 heteroatoms. The molecule has 0 saturated heterocycles. The van der Waals surface area contributed by atoms with Gasteiger partial charge < -0.3 is 5.11 Å². The number of alkyl halides is 2. The molecule has 0 aliphatic rings. The Morgan fingerprint density at radius 1 is 1.40 bits per heavy atom. The van der Waals surface area contributed by atoms with Crippen LogP contribution >= 0.6 is 0 Å². The van der Waals surface area contributed by atoms with Gasteiger partial charge in [-0.3, -0.25) is 0 Å². The van der Waals surface area contributed by atoms with Crippen molar-refractivity contribution < 1.29 is 27.1 Å². The highest BCUT2D eigenvalue weighted by molar-refractivity contribution is 7.89. The van der Waals surface area contributed by atoms with Crippen LogP contribution in [0.1, 0.15) is 22.8 Å². The Balaban J connectivity index is 3.37. The molecule has 0 spiro atoms. The van der Waals surface area contributed by atoms with Crippen LogP contribution in [0.4, 0.5) is 8.78 Å². The number of rotatable bonds is 6. The molecule has 0 aliphatic heterocycles. The quantitative estimate of drug-likeness (QED) is 0.872. The maximum Gasteiger partial charge on any atom is 0.337 e. The van der Waals surface area contributed by atoms with Crippen molar-refractivity contribution in [1.29, 1.82) is 0 Å². The number of aryl methyl sites for hydroxylation is 1. The monoisotopic (exact) mass is 307 g/mol. The average molecular weight is 307 g/mol. The van der Waals surface area contributed by atoms with Crippen LogP contribution in [0.2, 0.25) is 0 Å². The topological polar surface area (TPSA) is 74.7 Å². The van der Waals surface area contributed by atoms with Gasteiger partial charge in [-0.15, -0.1) is 0 Å². The van der Waals surface area contributed by atoms with Crippen LogP contribution in [0.15, 0.2) is 23.1 Å². The fourth-order valence-electron chi connectivity index (χ4n) is 1.73. The Hall–Kier alpha value is -1.54. The minimum atomic E-state index is -4.27. The summed E-state index contributed by atoms with van der Waals surface area (Å²) in [6, 6.07) is 3.75. The van der Waals surface area contributed by atoms with E-state index in [1.165, 1.54) is 19.1 Å². The Labute approximate surface area is 115 Å². The van der Waals surface area contributed by atoms with Gasteiger partial charge in [0.05, 0.1) is 17.0 Å². The minimum absolute atomic E-state index is 0.167. The Bertz CT molecular complexity index is 601. The second-order valence-electron chi connectivity index (χ2n) is 4.15. The first-order valence-electron chi connectivity index (χ1n) is 5.82. The summed E-state index contributed by atoms with van der Waals surface area (Å²) in [5, 5.41) is 9.06. The van der Waals surface area contributed by atoms with Crippen LogP contribution in [-0.2, 0) is 10.0 Å². The smallest absolute Gasteiger partial charge is 0.337 e. The molecule has 1 N–H and O–H groups in total. The van der Waals surface area contributed by atoms with Crippen LogP contribution < -0.4 is 0 Å². The normalized spacial score (nSPS) is 12.1. The highest BCUT2D eigenvalue weighted by Crippen LogP contribution is 2.22. The Morgan fingerprint density at radius 2 is 2.00 bits per heavy atom. The van der Waals surface area contributed by atoms with E-state index in [1.807, 2.05) is 0 Å². The zero-order valence-electron chi connectivity index (χ0n) is 11.0. The first-order valence-corrected chi connectivity index (χ1v) is 7.26. The molecule has 0 aromatic heterocycles. The number of hydrogen-bond donors (Lipinski definition) is 1. The summed E-state index contributed by atoms with van der Waals surface area (Å²) in [4.78, 5) is 10.6. The molecule has 0 unspecified atom stereocenters. The molecule has 20 heavy (non-hydrogen) atoms. The van der Waals surface area contributed by atoms with E-state index in [0.717, 1.165) is 6.07 Å². The number of hydrogen-bond acceptors (Lipinski definition) is 3. The first-order chi connectivity index (χ1) is 9.20. The maximum atomic E-state index is 12.4. The number of carboxylic acids is 1. The lowest BCUT2D eigenvalue weighted by atomic mass is 10.1. The van der Waals surface area contributed by atoms with Crippen LogP contribution in [0, 0.1) is 6.92 Å². The number of aromatic carboxylic acids is 1. The second-order valence-corrected chi connectivity index (χ2v) is 6.06. The van der Waals surface area contributed by atoms with Crippen LogP contribution in [0.5, 0.6) is 0 Å². The third-order valence-corrected chi connectivity index (χ3v) is 4.68. The van der Waals surface area contributed by atoms with Gasteiger partial charge in [0.25, 0.3) is 6.43 Å². The third-order valence-electron chi connectivity index (χ3n) is 2.68. The fraction of sp³-hybridized carbons (Fsp3) is 0.417. The molecule has 112 valence electrons. The van der Waals surface area contributed by atoms with E-state index in [2.05, 4.69) is 0 Å². The second kappa shape index (κ2) is 6.27. The van der Waals surface area contributed by atoms with E-state index in [1.54, 1.807) is 6.92 Å². The summed E-state index contributed by atoms with van der Waals surface area (Å²) in [5.41, 5.74) is 0.149. The number of halogens is 2. The van der Waals surface area contributed by atoms with Gasteiger partial charge in [-0.05, 0) is 19.1 Å². The van der Waals surface area contributed by atoms with Crippen molar-refractivity contribution in [1.82, 2.24) is 4.31 Å². The molecule has 0 heterocycles. The van der Waals surface area contributed by atoms with Crippen molar-refractivity contribution in [2.24, 2.45) is 0 Å². The van der Waals surface area contributed by atoms with Crippen LogP contribution in [0.3, 0.4) is 0 Å². The highest BCUT2D eigenvalue weighted by atomic mass is 32.2. The molecule has 0 saturated carbocycles. The summed E-state index contributed by atoms with van der Waals surface area (Å²) in [6.07, 6.45) is -2.83. The van der Waals surface area contributed by atoms with E-state index >= 15 is 0 Å². The van der Waals surface area contributed by atoms with Crippen molar-refractivity contribution in [2.45, 2.75) is 25.2 Å². The van der Waals surface area contributed by atoms with E-state index in [0.29, 0.717) is 9.87 Å². The van der Waals surface area contributed by atoms with Crippen LogP contribution in [-0.4, -0.2) is 43.3 Å². The summed E-state index contributed by atoms with van der Waals surface area (Å²) in [5.74, 6) is -1.42. The molecule has 0 bridgehead atoms. The fourth-order valence-corrected chi connectivity index (χ4v) is 3.32. The largest absolute Gasteiger partial charge is 0.478 e. The van der Waals surface area contributed by atoms with Crippen molar-refractivity contribution in [3.05, 3.63) is 29.3 Å². The van der Waals surface area contributed by atoms with Gasteiger partial charge in [0.15, 0.2) is 0 Å². The van der Waals surface area contributed by atoms with Gasteiger partial charge >= 0.3 is 5.97 Å². The van der Waals surface area contributed by atoms with Gasteiger partial charge in [-0.25, -0.2) is 22.0 Å². The predicted molar refractivity (Wildman–Crippen MR) is 68.6 cm³/mol. The number of benzene rings is 1. The first kappa shape index (κ1) is 16.5. The van der Waals surface area contributed by atoms with Gasteiger partial charge in [0.1, 0.15) is 0 Å². The Morgan fingerprint density at radius 3 is 2.45 bits per heavy atom. The Kier molecular flexibility index (Phi) is 5.18. The maximum absolute atomic E-state index is 12.4. The minimum Gasteiger partial charge on any atom is -0.478 e. The van der Waals surface area contributed by atoms with Crippen molar-refractivity contribution in [3.8, 4) is 0 Å². The third kappa shape index (κ3) is 3.51. The molecular weight excluding hydrogens is 292 g/mol. The molecule has 0 amide bonds. The molecule has 5 nitrogen and oxygen atoms in total. The number of carbonyl (C=O) groups is 1. The lowest BCUT2D eigenvalue weighted by Gasteiger charge is -2.21. The summed E-state index contributed by atoms with van der Waals surface area (Å²) < 4.78 is 49.9. The molecule has 1 rings (SSSR count). The average Bonchev–Trinajstić information content (AvgIpc) is 2.34. The lowest BCUT2D eigenvalue weighted by molar-refractivity contribution is 0.0692. The molecule has 0 aliphatic carbocycles. The van der Waals surface area contributed by atoms with Crippen molar-refractivity contribution >= 4 is 16.0 Å². The molecule has 1 aromatic rings.